The third-order valence-electron chi connectivity index (χ3n) is 7.13. The second kappa shape index (κ2) is 11.0. The van der Waals surface area contributed by atoms with Gasteiger partial charge < -0.3 is 24.2 Å². The van der Waals surface area contributed by atoms with Crippen molar-refractivity contribution in [3.8, 4) is 11.6 Å². The van der Waals surface area contributed by atoms with E-state index in [0.717, 1.165) is 86.8 Å². The van der Waals surface area contributed by atoms with Crippen LogP contribution in [0.15, 0.2) is 48.5 Å². The molecule has 0 atom stereocenters. The molecule has 8 heteroatoms. The Hall–Kier alpha value is -3.55. The zero-order valence-corrected chi connectivity index (χ0v) is 21.2. The van der Waals surface area contributed by atoms with E-state index < -0.39 is 0 Å². The number of hydrogen-bond donors (Lipinski definition) is 0. The summed E-state index contributed by atoms with van der Waals surface area (Å²) in [4.78, 5) is 29.6. The lowest BCUT2D eigenvalue weighted by atomic mass is 9.95. The van der Waals surface area contributed by atoms with E-state index in [-0.39, 0.29) is 11.8 Å². The minimum absolute atomic E-state index is 0.0486. The maximum atomic E-state index is 13.4. The van der Waals surface area contributed by atoms with Crippen molar-refractivity contribution >= 4 is 28.4 Å². The van der Waals surface area contributed by atoms with Crippen molar-refractivity contribution in [2.45, 2.75) is 26.2 Å². The van der Waals surface area contributed by atoms with Crippen molar-refractivity contribution in [1.29, 1.82) is 0 Å². The van der Waals surface area contributed by atoms with Crippen molar-refractivity contribution in [2.75, 3.05) is 62.8 Å². The summed E-state index contributed by atoms with van der Waals surface area (Å²) < 4.78 is 11.5. The second-order valence-electron chi connectivity index (χ2n) is 9.44. The van der Waals surface area contributed by atoms with E-state index in [1.807, 2.05) is 47.4 Å². The van der Waals surface area contributed by atoms with E-state index in [9.17, 15) is 4.79 Å². The van der Waals surface area contributed by atoms with Gasteiger partial charge in [-0.25, -0.2) is 9.97 Å². The van der Waals surface area contributed by atoms with E-state index in [1.54, 1.807) is 7.11 Å². The van der Waals surface area contributed by atoms with Gasteiger partial charge in [0, 0.05) is 45.2 Å². The monoisotopic (exact) mass is 489 g/mol. The molecule has 8 nitrogen and oxygen atoms in total. The Labute approximate surface area is 212 Å². The molecule has 0 unspecified atom stereocenters. The van der Waals surface area contributed by atoms with E-state index in [2.05, 4.69) is 22.8 Å². The fraction of sp³-hybridized carbons (Fsp3) is 0.464. The molecule has 0 N–H and O–H groups in total. The molecule has 1 amide bonds. The number of fused-ring (bicyclic) bond motifs is 1. The smallest absolute Gasteiger partial charge is 0.258 e. The molecule has 2 fully saturated rings. The molecule has 0 spiro atoms. The molecule has 0 saturated carbocycles. The number of methoxy groups -OCH3 is 1. The summed E-state index contributed by atoms with van der Waals surface area (Å²) in [5, 5.41) is 0. The van der Waals surface area contributed by atoms with Crippen LogP contribution < -0.4 is 19.3 Å². The molecule has 2 aromatic carbocycles. The van der Waals surface area contributed by atoms with Crippen LogP contribution in [0, 0.1) is 5.92 Å². The molecule has 3 aromatic rings. The summed E-state index contributed by atoms with van der Waals surface area (Å²) in [6.07, 6.45) is 2.54. The van der Waals surface area contributed by atoms with Gasteiger partial charge in [-0.3, -0.25) is 4.79 Å². The zero-order valence-electron chi connectivity index (χ0n) is 21.2. The van der Waals surface area contributed by atoms with Crippen LogP contribution in [0.2, 0.25) is 0 Å². The molecule has 5 rings (SSSR count). The molecule has 0 radical (unpaired) electrons. The minimum Gasteiger partial charge on any atom is -0.495 e. The molecule has 190 valence electrons. The van der Waals surface area contributed by atoms with Crippen molar-refractivity contribution in [3.05, 3.63) is 48.5 Å². The fourth-order valence-electron chi connectivity index (χ4n) is 5.13. The number of hydrogen-bond acceptors (Lipinski definition) is 7. The van der Waals surface area contributed by atoms with Crippen molar-refractivity contribution in [3.63, 3.8) is 0 Å². The molecular formula is C28H35N5O3. The molecule has 2 aliphatic heterocycles. The Kier molecular flexibility index (Phi) is 7.39. The SMILES string of the molecule is CCCOc1nc2ccccc2nc1N1CCC(C(=O)N2CCN(c3ccccc3OC)CC2)CC1. The molecule has 36 heavy (non-hydrogen) atoms. The topological polar surface area (TPSA) is 71.0 Å². The number of ether oxygens (including phenoxy) is 2. The lowest BCUT2D eigenvalue weighted by Crippen LogP contribution is -2.51. The average Bonchev–Trinajstić information content (AvgIpc) is 2.95. The highest BCUT2D eigenvalue weighted by molar-refractivity contribution is 5.80. The van der Waals surface area contributed by atoms with Gasteiger partial charge in [0.2, 0.25) is 5.91 Å². The third kappa shape index (κ3) is 5.03. The van der Waals surface area contributed by atoms with Gasteiger partial charge in [0.15, 0.2) is 5.82 Å². The highest BCUT2D eigenvalue weighted by atomic mass is 16.5. The van der Waals surface area contributed by atoms with Crippen LogP contribution in [0.1, 0.15) is 26.2 Å². The Morgan fingerprint density at radius 3 is 2.25 bits per heavy atom. The summed E-state index contributed by atoms with van der Waals surface area (Å²) in [7, 11) is 1.70. The lowest BCUT2D eigenvalue weighted by Gasteiger charge is -2.39. The number of carbonyl (C=O) groups excluding carboxylic acids is 1. The average molecular weight is 490 g/mol. The second-order valence-corrected chi connectivity index (χ2v) is 9.44. The number of piperazine rings is 1. The molecule has 2 saturated heterocycles. The Balaban J connectivity index is 1.20. The maximum absolute atomic E-state index is 13.4. The van der Waals surface area contributed by atoms with Crippen LogP contribution in [-0.4, -0.2) is 73.8 Å². The van der Waals surface area contributed by atoms with Crippen LogP contribution >= 0.6 is 0 Å². The number of aromatic nitrogens is 2. The largest absolute Gasteiger partial charge is 0.495 e. The van der Waals surface area contributed by atoms with Crippen LogP contribution in [0.5, 0.6) is 11.6 Å². The van der Waals surface area contributed by atoms with E-state index >= 15 is 0 Å². The minimum atomic E-state index is 0.0486. The van der Waals surface area contributed by atoms with Gasteiger partial charge in [-0.15, -0.1) is 0 Å². The molecule has 1 aromatic heterocycles. The first kappa shape index (κ1) is 24.2. The number of amides is 1. The first-order chi connectivity index (χ1) is 17.7. The van der Waals surface area contributed by atoms with E-state index in [4.69, 9.17) is 19.4 Å². The van der Waals surface area contributed by atoms with Gasteiger partial charge in [0.25, 0.3) is 5.88 Å². The number of carbonyl (C=O) groups is 1. The first-order valence-corrected chi connectivity index (χ1v) is 13.0. The predicted octanol–water partition coefficient (Wildman–Crippen LogP) is 3.99. The first-order valence-electron chi connectivity index (χ1n) is 13.0. The standard InChI is InChI=1S/C28H35N5O3/c1-3-20-36-27-26(29-22-8-4-5-9-23(22)30-27)32-14-12-21(13-15-32)28(34)33-18-16-31(17-19-33)24-10-6-7-11-25(24)35-2/h4-11,21H,3,12-20H2,1-2H3. The lowest BCUT2D eigenvalue weighted by molar-refractivity contribution is -0.136. The summed E-state index contributed by atoms with van der Waals surface area (Å²) in [6.45, 7) is 7.34. The fourth-order valence-corrected chi connectivity index (χ4v) is 5.13. The highest BCUT2D eigenvalue weighted by Crippen LogP contribution is 2.32. The van der Waals surface area contributed by atoms with Gasteiger partial charge in [0.1, 0.15) is 5.75 Å². The van der Waals surface area contributed by atoms with Crippen LogP contribution in [0.25, 0.3) is 11.0 Å². The van der Waals surface area contributed by atoms with Gasteiger partial charge in [-0.1, -0.05) is 31.2 Å². The number of nitrogens with zero attached hydrogens (tertiary/aromatic N) is 5. The van der Waals surface area contributed by atoms with Crippen LogP contribution in [0.3, 0.4) is 0 Å². The Morgan fingerprint density at radius 2 is 1.56 bits per heavy atom. The van der Waals surface area contributed by atoms with E-state index in [1.165, 1.54) is 0 Å². The van der Waals surface area contributed by atoms with Crippen LogP contribution in [-0.2, 0) is 4.79 Å². The number of piperidine rings is 1. The Morgan fingerprint density at radius 1 is 0.889 bits per heavy atom. The zero-order chi connectivity index (χ0) is 24.9. The number of para-hydroxylation sites is 4. The van der Waals surface area contributed by atoms with Gasteiger partial charge in [-0.2, -0.15) is 0 Å². The number of rotatable bonds is 7. The molecule has 0 aliphatic carbocycles. The Bertz CT molecular complexity index is 1190. The summed E-state index contributed by atoms with van der Waals surface area (Å²) in [6, 6.07) is 16.0. The molecular weight excluding hydrogens is 454 g/mol. The molecule has 2 aliphatic rings. The summed E-state index contributed by atoms with van der Waals surface area (Å²) >= 11 is 0. The van der Waals surface area contributed by atoms with Crippen LogP contribution in [0.4, 0.5) is 11.5 Å². The number of anilines is 2. The predicted molar refractivity (Wildman–Crippen MR) is 142 cm³/mol. The highest BCUT2D eigenvalue weighted by Gasteiger charge is 2.32. The molecule has 0 bridgehead atoms. The third-order valence-corrected chi connectivity index (χ3v) is 7.13. The maximum Gasteiger partial charge on any atom is 0.258 e. The quantitative estimate of drug-likeness (QED) is 0.497. The molecule has 3 heterocycles. The summed E-state index contributed by atoms with van der Waals surface area (Å²) in [5.74, 6) is 2.59. The summed E-state index contributed by atoms with van der Waals surface area (Å²) in [5.41, 5.74) is 2.80. The normalized spacial score (nSPS) is 16.9. The number of benzene rings is 2. The van der Waals surface area contributed by atoms with Gasteiger partial charge >= 0.3 is 0 Å². The van der Waals surface area contributed by atoms with Crippen molar-refractivity contribution in [1.82, 2.24) is 14.9 Å². The van der Waals surface area contributed by atoms with Crippen molar-refractivity contribution in [2.24, 2.45) is 5.92 Å². The van der Waals surface area contributed by atoms with Gasteiger partial charge in [0.05, 0.1) is 30.4 Å². The van der Waals surface area contributed by atoms with Crippen molar-refractivity contribution < 1.29 is 14.3 Å². The van der Waals surface area contributed by atoms with E-state index in [0.29, 0.717) is 12.5 Å². The van der Waals surface area contributed by atoms with Gasteiger partial charge in [-0.05, 0) is 43.5 Å².